The summed E-state index contributed by atoms with van der Waals surface area (Å²) in [5, 5.41) is 4.41. The SMILES string of the molecule is CC(C)CCn1ncc(CBr)c1C(F)F. The van der Waals surface area contributed by atoms with Crippen molar-refractivity contribution in [3.63, 3.8) is 0 Å². The van der Waals surface area contributed by atoms with Crippen LogP contribution in [0, 0.1) is 5.92 Å². The van der Waals surface area contributed by atoms with Crippen molar-refractivity contribution < 1.29 is 8.78 Å². The lowest BCUT2D eigenvalue weighted by Crippen LogP contribution is -2.08. The molecule has 0 saturated heterocycles. The molecule has 0 aliphatic carbocycles. The highest BCUT2D eigenvalue weighted by Crippen LogP contribution is 2.25. The summed E-state index contributed by atoms with van der Waals surface area (Å²) in [5.74, 6) is 0.493. The zero-order chi connectivity index (χ0) is 11.4. The molecule has 0 bridgehead atoms. The molecule has 2 nitrogen and oxygen atoms in total. The summed E-state index contributed by atoms with van der Waals surface area (Å²) >= 11 is 3.18. The predicted octanol–water partition coefficient (Wildman–Crippen LogP) is 3.76. The van der Waals surface area contributed by atoms with Gasteiger partial charge >= 0.3 is 0 Å². The van der Waals surface area contributed by atoms with Crippen LogP contribution in [0.15, 0.2) is 6.20 Å². The molecule has 0 atom stereocenters. The first-order valence-electron chi connectivity index (χ1n) is 4.95. The van der Waals surface area contributed by atoms with Gasteiger partial charge < -0.3 is 0 Å². The minimum absolute atomic E-state index is 0.0486. The highest BCUT2D eigenvalue weighted by atomic mass is 79.9. The topological polar surface area (TPSA) is 17.8 Å². The summed E-state index contributed by atoms with van der Waals surface area (Å²) in [7, 11) is 0. The van der Waals surface area contributed by atoms with E-state index in [1.165, 1.54) is 10.9 Å². The van der Waals surface area contributed by atoms with E-state index in [0.29, 0.717) is 23.4 Å². The number of halogens is 3. The minimum atomic E-state index is -2.45. The Morgan fingerprint density at radius 2 is 2.13 bits per heavy atom. The van der Waals surface area contributed by atoms with E-state index in [4.69, 9.17) is 0 Å². The molecular weight excluding hydrogens is 266 g/mol. The molecular formula is C10H15BrF2N2. The highest BCUT2D eigenvalue weighted by molar-refractivity contribution is 9.08. The van der Waals surface area contributed by atoms with Gasteiger partial charge in [0.1, 0.15) is 5.69 Å². The first-order chi connectivity index (χ1) is 7.06. The fourth-order valence-electron chi connectivity index (χ4n) is 1.35. The fourth-order valence-corrected chi connectivity index (χ4v) is 1.78. The van der Waals surface area contributed by atoms with Crippen LogP contribution in [0.2, 0.25) is 0 Å². The van der Waals surface area contributed by atoms with Crippen molar-refractivity contribution in [2.45, 2.75) is 38.6 Å². The lowest BCUT2D eigenvalue weighted by Gasteiger charge is -2.09. The second-order valence-electron chi connectivity index (χ2n) is 3.90. The molecule has 0 unspecified atom stereocenters. The molecule has 0 fully saturated rings. The van der Waals surface area contributed by atoms with E-state index in [9.17, 15) is 8.78 Å². The van der Waals surface area contributed by atoms with Crippen LogP contribution in [0.5, 0.6) is 0 Å². The van der Waals surface area contributed by atoms with E-state index in [1.807, 2.05) is 0 Å². The van der Waals surface area contributed by atoms with Gasteiger partial charge in [0.2, 0.25) is 0 Å². The first kappa shape index (κ1) is 12.6. The Hall–Kier alpha value is -0.450. The smallest absolute Gasteiger partial charge is 0.263 e. The van der Waals surface area contributed by atoms with Crippen LogP contribution in [0.3, 0.4) is 0 Å². The summed E-state index contributed by atoms with van der Waals surface area (Å²) in [4.78, 5) is 0. The summed E-state index contributed by atoms with van der Waals surface area (Å²) < 4.78 is 26.9. The standard InChI is InChI=1S/C10H15BrF2N2/c1-7(2)3-4-15-9(10(12)13)8(5-11)6-14-15/h6-7,10H,3-5H2,1-2H3. The summed E-state index contributed by atoms with van der Waals surface area (Å²) in [6, 6.07) is 0. The molecule has 0 saturated carbocycles. The van der Waals surface area contributed by atoms with Crippen LogP contribution in [0.4, 0.5) is 8.78 Å². The van der Waals surface area contributed by atoms with E-state index in [1.54, 1.807) is 0 Å². The molecule has 0 N–H and O–H groups in total. The third-order valence-electron chi connectivity index (χ3n) is 2.23. The van der Waals surface area contributed by atoms with Gasteiger partial charge in [0, 0.05) is 17.4 Å². The Morgan fingerprint density at radius 3 is 2.60 bits per heavy atom. The van der Waals surface area contributed by atoms with Gasteiger partial charge in [-0.3, -0.25) is 4.68 Å². The van der Waals surface area contributed by atoms with Gasteiger partial charge in [-0.2, -0.15) is 5.10 Å². The normalized spacial score (nSPS) is 11.7. The number of alkyl halides is 3. The Morgan fingerprint density at radius 1 is 1.47 bits per heavy atom. The number of rotatable bonds is 5. The van der Waals surface area contributed by atoms with Crippen molar-refractivity contribution in [2.75, 3.05) is 0 Å². The second kappa shape index (κ2) is 5.58. The largest absolute Gasteiger partial charge is 0.280 e. The lowest BCUT2D eigenvalue weighted by molar-refractivity contribution is 0.137. The third kappa shape index (κ3) is 3.26. The summed E-state index contributed by atoms with van der Waals surface area (Å²) in [5.41, 5.74) is 0.626. The van der Waals surface area contributed by atoms with Gasteiger partial charge in [-0.05, 0) is 12.3 Å². The van der Waals surface area contributed by atoms with Crippen molar-refractivity contribution in [1.82, 2.24) is 9.78 Å². The van der Waals surface area contributed by atoms with E-state index in [-0.39, 0.29) is 5.69 Å². The van der Waals surface area contributed by atoms with Crippen molar-refractivity contribution in [3.05, 3.63) is 17.5 Å². The van der Waals surface area contributed by atoms with E-state index >= 15 is 0 Å². The second-order valence-corrected chi connectivity index (χ2v) is 4.46. The Labute approximate surface area is 96.8 Å². The van der Waals surface area contributed by atoms with Gasteiger partial charge in [0.15, 0.2) is 0 Å². The Kier molecular flexibility index (Phi) is 4.70. The number of hydrogen-bond donors (Lipinski definition) is 0. The average Bonchev–Trinajstić information content (AvgIpc) is 2.57. The molecule has 86 valence electrons. The van der Waals surface area contributed by atoms with E-state index < -0.39 is 6.43 Å². The zero-order valence-electron chi connectivity index (χ0n) is 8.88. The molecule has 0 aromatic carbocycles. The molecule has 0 amide bonds. The maximum atomic E-state index is 12.8. The maximum Gasteiger partial charge on any atom is 0.280 e. The van der Waals surface area contributed by atoms with E-state index in [2.05, 4.69) is 34.9 Å². The predicted molar refractivity (Wildman–Crippen MR) is 59.3 cm³/mol. The Balaban J connectivity index is 2.82. The molecule has 1 aromatic rings. The molecule has 0 spiro atoms. The Bertz CT molecular complexity index is 310. The van der Waals surface area contributed by atoms with Gasteiger partial charge in [0.05, 0.1) is 6.20 Å². The van der Waals surface area contributed by atoms with E-state index in [0.717, 1.165) is 6.42 Å². The number of nitrogens with zero attached hydrogens (tertiary/aromatic N) is 2. The van der Waals surface area contributed by atoms with Gasteiger partial charge in [-0.15, -0.1) is 0 Å². The van der Waals surface area contributed by atoms with Crippen molar-refractivity contribution in [2.24, 2.45) is 5.92 Å². The van der Waals surface area contributed by atoms with Crippen LogP contribution in [0.25, 0.3) is 0 Å². The molecule has 0 aliphatic heterocycles. The quantitative estimate of drug-likeness (QED) is 0.751. The molecule has 0 aliphatic rings. The number of aromatic nitrogens is 2. The van der Waals surface area contributed by atoms with Crippen molar-refractivity contribution in [1.29, 1.82) is 0 Å². The fraction of sp³-hybridized carbons (Fsp3) is 0.700. The van der Waals surface area contributed by atoms with Crippen LogP contribution in [-0.2, 0) is 11.9 Å². The molecule has 15 heavy (non-hydrogen) atoms. The molecule has 0 radical (unpaired) electrons. The summed E-state index contributed by atoms with van der Waals surface area (Å²) in [6.45, 7) is 4.69. The molecule has 1 rings (SSSR count). The minimum Gasteiger partial charge on any atom is -0.263 e. The highest BCUT2D eigenvalue weighted by Gasteiger charge is 2.18. The van der Waals surface area contributed by atoms with Crippen LogP contribution >= 0.6 is 15.9 Å². The zero-order valence-corrected chi connectivity index (χ0v) is 10.5. The third-order valence-corrected chi connectivity index (χ3v) is 2.83. The van der Waals surface area contributed by atoms with Gasteiger partial charge in [-0.25, -0.2) is 8.78 Å². The van der Waals surface area contributed by atoms with Gasteiger partial charge in [-0.1, -0.05) is 29.8 Å². The molecule has 1 aromatic heterocycles. The van der Waals surface area contributed by atoms with Crippen molar-refractivity contribution in [3.8, 4) is 0 Å². The van der Waals surface area contributed by atoms with Crippen LogP contribution in [-0.4, -0.2) is 9.78 Å². The monoisotopic (exact) mass is 280 g/mol. The number of aryl methyl sites for hydroxylation is 1. The first-order valence-corrected chi connectivity index (χ1v) is 6.07. The number of hydrogen-bond acceptors (Lipinski definition) is 1. The maximum absolute atomic E-state index is 12.8. The van der Waals surface area contributed by atoms with Crippen LogP contribution < -0.4 is 0 Å². The molecule has 1 heterocycles. The van der Waals surface area contributed by atoms with Crippen LogP contribution in [0.1, 0.15) is 38.0 Å². The summed E-state index contributed by atoms with van der Waals surface area (Å²) in [6.07, 6.45) is -0.0770. The van der Waals surface area contributed by atoms with Crippen molar-refractivity contribution >= 4 is 15.9 Å². The molecule has 5 heteroatoms. The average molecular weight is 281 g/mol. The lowest BCUT2D eigenvalue weighted by atomic mass is 10.1. The van der Waals surface area contributed by atoms with Gasteiger partial charge in [0.25, 0.3) is 6.43 Å².